The van der Waals surface area contributed by atoms with Crippen LogP contribution in [0.2, 0.25) is 0 Å². The molecule has 94 valence electrons. The lowest BCUT2D eigenvalue weighted by Crippen LogP contribution is -2.07. The number of nitrogens with one attached hydrogen (secondary N) is 1. The van der Waals surface area contributed by atoms with Gasteiger partial charge in [0, 0.05) is 12.6 Å². The first-order chi connectivity index (χ1) is 8.19. The van der Waals surface area contributed by atoms with Crippen LogP contribution >= 0.6 is 0 Å². The number of allylic oxidation sites excluding steroid dienone is 1. The van der Waals surface area contributed by atoms with Crippen LogP contribution in [0.1, 0.15) is 20.3 Å². The lowest BCUT2D eigenvalue weighted by Gasteiger charge is -2.09. The van der Waals surface area contributed by atoms with Gasteiger partial charge in [-0.15, -0.1) is 0 Å². The standard InChI is InChI=1S/C12H16F2N2O/c1-3-5-7-17-12-10(14)8-9(13)11(16-12)15-6-4-2/h3,5,8H,4,6-7H2,1-2H3,(H,15,16)/b5-3+. The van der Waals surface area contributed by atoms with Gasteiger partial charge in [-0.25, -0.2) is 8.78 Å². The number of pyridine rings is 1. The van der Waals surface area contributed by atoms with Crippen molar-refractivity contribution in [3.63, 3.8) is 0 Å². The number of hydrogen-bond acceptors (Lipinski definition) is 3. The lowest BCUT2D eigenvalue weighted by atomic mass is 10.4. The number of nitrogens with zero attached hydrogens (tertiary/aromatic N) is 1. The molecule has 0 unspecified atom stereocenters. The predicted molar refractivity (Wildman–Crippen MR) is 63.2 cm³/mol. The van der Waals surface area contributed by atoms with E-state index in [2.05, 4.69) is 10.3 Å². The van der Waals surface area contributed by atoms with Crippen molar-refractivity contribution in [2.75, 3.05) is 18.5 Å². The van der Waals surface area contributed by atoms with Gasteiger partial charge < -0.3 is 10.1 Å². The fourth-order valence-corrected chi connectivity index (χ4v) is 1.14. The van der Waals surface area contributed by atoms with Crippen LogP contribution < -0.4 is 10.1 Å². The second-order valence-corrected chi connectivity index (χ2v) is 3.41. The summed E-state index contributed by atoms with van der Waals surface area (Å²) in [6.07, 6.45) is 4.31. The molecule has 0 aliphatic carbocycles. The maximum Gasteiger partial charge on any atom is 0.252 e. The molecule has 1 aromatic rings. The Morgan fingerprint density at radius 1 is 1.41 bits per heavy atom. The van der Waals surface area contributed by atoms with Crippen LogP contribution in [-0.2, 0) is 0 Å². The maximum atomic E-state index is 13.3. The molecule has 5 heteroatoms. The molecule has 0 spiro atoms. The SMILES string of the molecule is C/C=C/COc1nc(NCCC)c(F)cc1F. The lowest BCUT2D eigenvalue weighted by molar-refractivity contribution is 0.324. The van der Waals surface area contributed by atoms with Gasteiger partial charge in [-0.05, 0) is 13.3 Å². The molecule has 1 rings (SSSR count). The van der Waals surface area contributed by atoms with E-state index in [1.807, 2.05) is 13.8 Å². The molecule has 0 amide bonds. The molecule has 1 aromatic heterocycles. The van der Waals surface area contributed by atoms with Gasteiger partial charge in [0.1, 0.15) is 6.61 Å². The minimum Gasteiger partial charge on any atom is -0.471 e. The van der Waals surface area contributed by atoms with Gasteiger partial charge in [0.2, 0.25) is 0 Å². The van der Waals surface area contributed by atoms with Crippen LogP contribution in [0, 0.1) is 11.6 Å². The van der Waals surface area contributed by atoms with Gasteiger partial charge in [-0.3, -0.25) is 0 Å². The highest BCUT2D eigenvalue weighted by molar-refractivity contribution is 5.39. The fraction of sp³-hybridized carbons (Fsp3) is 0.417. The summed E-state index contributed by atoms with van der Waals surface area (Å²) in [6, 6.07) is 0.774. The van der Waals surface area contributed by atoms with Gasteiger partial charge >= 0.3 is 0 Å². The molecular formula is C12H16F2N2O. The number of ether oxygens (including phenoxy) is 1. The Hall–Kier alpha value is -1.65. The third-order valence-electron chi connectivity index (χ3n) is 1.99. The molecule has 0 saturated heterocycles. The van der Waals surface area contributed by atoms with Crippen molar-refractivity contribution >= 4 is 5.82 Å². The Kier molecular flexibility index (Phi) is 5.39. The van der Waals surface area contributed by atoms with Crippen LogP contribution in [0.4, 0.5) is 14.6 Å². The van der Waals surface area contributed by atoms with Gasteiger partial charge in [-0.1, -0.05) is 19.1 Å². The topological polar surface area (TPSA) is 34.1 Å². The normalized spacial score (nSPS) is 10.8. The largest absolute Gasteiger partial charge is 0.471 e. The van der Waals surface area contributed by atoms with E-state index in [0.717, 1.165) is 12.5 Å². The van der Waals surface area contributed by atoms with Crippen molar-refractivity contribution in [2.45, 2.75) is 20.3 Å². The van der Waals surface area contributed by atoms with E-state index >= 15 is 0 Å². The predicted octanol–water partition coefficient (Wildman–Crippen LogP) is 3.14. The van der Waals surface area contributed by atoms with E-state index in [-0.39, 0.29) is 18.3 Å². The zero-order chi connectivity index (χ0) is 12.7. The summed E-state index contributed by atoms with van der Waals surface area (Å²) in [4.78, 5) is 3.76. The molecule has 1 N–H and O–H groups in total. The molecular weight excluding hydrogens is 226 g/mol. The molecule has 0 bridgehead atoms. The van der Waals surface area contributed by atoms with Gasteiger partial charge in [0.15, 0.2) is 17.5 Å². The molecule has 17 heavy (non-hydrogen) atoms. The average molecular weight is 242 g/mol. The monoisotopic (exact) mass is 242 g/mol. The van der Waals surface area contributed by atoms with Crippen molar-refractivity contribution in [3.8, 4) is 5.88 Å². The molecule has 3 nitrogen and oxygen atoms in total. The molecule has 0 aromatic carbocycles. The average Bonchev–Trinajstić information content (AvgIpc) is 2.31. The third-order valence-corrected chi connectivity index (χ3v) is 1.99. The Morgan fingerprint density at radius 3 is 2.82 bits per heavy atom. The summed E-state index contributed by atoms with van der Waals surface area (Å²) in [5.41, 5.74) is 0. The summed E-state index contributed by atoms with van der Waals surface area (Å²) in [6.45, 7) is 4.55. The van der Waals surface area contributed by atoms with E-state index in [1.54, 1.807) is 12.2 Å². The number of rotatable bonds is 6. The zero-order valence-corrected chi connectivity index (χ0v) is 9.96. The van der Waals surface area contributed by atoms with Crippen molar-refractivity contribution in [1.29, 1.82) is 0 Å². The van der Waals surface area contributed by atoms with Crippen molar-refractivity contribution in [1.82, 2.24) is 4.98 Å². The highest BCUT2D eigenvalue weighted by atomic mass is 19.1. The Labute approximate surface area is 99.5 Å². The number of hydrogen-bond donors (Lipinski definition) is 1. The zero-order valence-electron chi connectivity index (χ0n) is 9.96. The van der Waals surface area contributed by atoms with E-state index in [0.29, 0.717) is 6.54 Å². The highest BCUT2D eigenvalue weighted by Gasteiger charge is 2.12. The van der Waals surface area contributed by atoms with Crippen molar-refractivity contribution in [2.24, 2.45) is 0 Å². The minimum atomic E-state index is -0.797. The second kappa shape index (κ2) is 6.83. The highest BCUT2D eigenvalue weighted by Crippen LogP contribution is 2.20. The molecule has 0 atom stereocenters. The maximum absolute atomic E-state index is 13.3. The quantitative estimate of drug-likeness (QED) is 0.778. The van der Waals surface area contributed by atoms with Crippen LogP contribution in [0.5, 0.6) is 5.88 Å². The Morgan fingerprint density at radius 2 is 2.18 bits per heavy atom. The minimum absolute atomic E-state index is 0.0173. The van der Waals surface area contributed by atoms with E-state index in [9.17, 15) is 8.78 Å². The van der Waals surface area contributed by atoms with Crippen LogP contribution in [-0.4, -0.2) is 18.1 Å². The first-order valence-corrected chi connectivity index (χ1v) is 5.52. The molecule has 0 saturated carbocycles. The van der Waals surface area contributed by atoms with Crippen LogP contribution in [0.15, 0.2) is 18.2 Å². The van der Waals surface area contributed by atoms with Crippen LogP contribution in [0.25, 0.3) is 0 Å². The smallest absolute Gasteiger partial charge is 0.252 e. The Bertz CT molecular complexity index is 394. The first kappa shape index (κ1) is 13.4. The summed E-state index contributed by atoms with van der Waals surface area (Å²) in [5, 5.41) is 2.77. The van der Waals surface area contributed by atoms with Crippen molar-refractivity contribution < 1.29 is 13.5 Å². The molecule has 0 aliphatic rings. The molecule has 0 fully saturated rings. The summed E-state index contributed by atoms with van der Waals surface area (Å²) >= 11 is 0. The van der Waals surface area contributed by atoms with E-state index in [4.69, 9.17) is 4.74 Å². The number of halogens is 2. The summed E-state index contributed by atoms with van der Waals surface area (Å²) < 4.78 is 31.7. The van der Waals surface area contributed by atoms with Gasteiger partial charge in [-0.2, -0.15) is 4.98 Å². The summed E-state index contributed by atoms with van der Waals surface area (Å²) in [5.74, 6) is -1.68. The molecule has 1 heterocycles. The molecule has 0 aliphatic heterocycles. The van der Waals surface area contributed by atoms with Gasteiger partial charge in [0.25, 0.3) is 5.88 Å². The third kappa shape index (κ3) is 4.01. The van der Waals surface area contributed by atoms with E-state index in [1.165, 1.54) is 0 Å². The summed E-state index contributed by atoms with van der Waals surface area (Å²) in [7, 11) is 0. The van der Waals surface area contributed by atoms with Gasteiger partial charge in [0.05, 0.1) is 0 Å². The number of anilines is 1. The first-order valence-electron chi connectivity index (χ1n) is 5.52. The number of aromatic nitrogens is 1. The van der Waals surface area contributed by atoms with E-state index < -0.39 is 11.6 Å². The Balaban J connectivity index is 2.81. The van der Waals surface area contributed by atoms with Crippen LogP contribution in [0.3, 0.4) is 0 Å². The molecule has 0 radical (unpaired) electrons. The second-order valence-electron chi connectivity index (χ2n) is 3.41. The fourth-order valence-electron chi connectivity index (χ4n) is 1.14. The van der Waals surface area contributed by atoms with Crippen molar-refractivity contribution in [3.05, 3.63) is 29.9 Å².